The second kappa shape index (κ2) is 7.59. The minimum atomic E-state index is -0.180. The van der Waals surface area contributed by atoms with Crippen molar-refractivity contribution in [2.45, 2.75) is 19.1 Å². The van der Waals surface area contributed by atoms with Gasteiger partial charge in [0, 0.05) is 17.5 Å². The lowest BCUT2D eigenvalue weighted by Gasteiger charge is -2.04. The number of hydrogen-bond donors (Lipinski definition) is 1. The van der Waals surface area contributed by atoms with Crippen LogP contribution in [0.3, 0.4) is 0 Å². The van der Waals surface area contributed by atoms with E-state index in [-0.39, 0.29) is 11.5 Å². The summed E-state index contributed by atoms with van der Waals surface area (Å²) in [5.41, 5.74) is 1.27. The second-order valence-corrected chi connectivity index (χ2v) is 7.06. The van der Waals surface area contributed by atoms with Gasteiger partial charge >= 0.3 is 0 Å². The van der Waals surface area contributed by atoms with Crippen LogP contribution in [0.5, 0.6) is 0 Å². The van der Waals surface area contributed by atoms with Gasteiger partial charge in [0.05, 0.1) is 11.4 Å². The van der Waals surface area contributed by atoms with Gasteiger partial charge in [-0.1, -0.05) is 36.5 Å². The van der Waals surface area contributed by atoms with E-state index in [0.29, 0.717) is 22.2 Å². The Kier molecular flexibility index (Phi) is 5.27. The van der Waals surface area contributed by atoms with Crippen LogP contribution in [0.4, 0.5) is 5.69 Å². The first-order chi connectivity index (χ1) is 11.7. The maximum Gasteiger partial charge on any atom is 0.275 e. The van der Waals surface area contributed by atoms with Crippen LogP contribution in [0.15, 0.2) is 41.2 Å². The molecule has 0 unspecified atom stereocenters. The predicted molar refractivity (Wildman–Crippen MR) is 97.7 cm³/mol. The summed E-state index contributed by atoms with van der Waals surface area (Å²) < 4.78 is 1.33. The molecule has 24 heavy (non-hydrogen) atoms. The Morgan fingerprint density at radius 2 is 2.12 bits per heavy atom. The summed E-state index contributed by atoms with van der Waals surface area (Å²) in [4.78, 5) is 29.0. The van der Waals surface area contributed by atoms with E-state index in [9.17, 15) is 9.59 Å². The molecule has 0 aliphatic heterocycles. The minimum Gasteiger partial charge on any atom is -0.325 e. The number of carbonyl (C=O) groups excluding carboxylic acids is 1. The molecule has 0 aliphatic rings. The number of aryl methyl sites for hydroxylation is 1. The van der Waals surface area contributed by atoms with Gasteiger partial charge in [-0.3, -0.25) is 9.59 Å². The van der Waals surface area contributed by atoms with Gasteiger partial charge in [0.25, 0.3) is 5.56 Å². The monoisotopic (exact) mass is 360 g/mol. The Morgan fingerprint density at radius 3 is 2.88 bits per heavy atom. The lowest BCUT2D eigenvalue weighted by molar-refractivity contribution is -0.113. The molecule has 124 valence electrons. The molecule has 0 bridgehead atoms. The summed E-state index contributed by atoms with van der Waals surface area (Å²) in [5, 5.41) is 7.92. The minimum absolute atomic E-state index is 0.0740. The summed E-state index contributed by atoms with van der Waals surface area (Å²) in [6.45, 7) is 1.99. The quantitative estimate of drug-likeness (QED) is 0.731. The zero-order chi connectivity index (χ0) is 16.9. The summed E-state index contributed by atoms with van der Waals surface area (Å²) in [6.07, 6.45) is 0.775. The first-order valence-electron chi connectivity index (χ1n) is 7.47. The number of hydrogen-bond acceptors (Lipinski definition) is 6. The fourth-order valence-electron chi connectivity index (χ4n) is 2.08. The van der Waals surface area contributed by atoms with Gasteiger partial charge in [0.1, 0.15) is 5.01 Å². The van der Waals surface area contributed by atoms with Crippen molar-refractivity contribution in [2.24, 2.45) is 0 Å². The molecule has 2 heterocycles. The number of thioether (sulfide) groups is 1. The number of nitrogens with one attached hydrogen (secondary N) is 1. The largest absolute Gasteiger partial charge is 0.325 e. The van der Waals surface area contributed by atoms with Crippen molar-refractivity contribution in [2.75, 3.05) is 11.1 Å². The van der Waals surface area contributed by atoms with Crippen LogP contribution in [0.2, 0.25) is 0 Å². The molecule has 1 amide bonds. The average molecular weight is 360 g/mol. The van der Waals surface area contributed by atoms with E-state index in [1.54, 1.807) is 0 Å². The van der Waals surface area contributed by atoms with Gasteiger partial charge in [0.2, 0.25) is 10.9 Å². The highest BCUT2D eigenvalue weighted by molar-refractivity contribution is 7.99. The number of para-hydroxylation sites is 1. The van der Waals surface area contributed by atoms with E-state index >= 15 is 0 Å². The predicted octanol–water partition coefficient (Wildman–Crippen LogP) is 2.59. The number of amides is 1. The third-order valence-electron chi connectivity index (χ3n) is 3.18. The molecule has 1 aromatic carbocycles. The fourth-order valence-corrected chi connectivity index (χ4v) is 3.65. The van der Waals surface area contributed by atoms with Crippen LogP contribution >= 0.6 is 23.1 Å². The Morgan fingerprint density at radius 1 is 1.33 bits per heavy atom. The molecule has 0 radical (unpaired) electrons. The van der Waals surface area contributed by atoms with Crippen molar-refractivity contribution in [1.82, 2.24) is 14.6 Å². The highest BCUT2D eigenvalue weighted by Gasteiger charge is 2.09. The standard InChI is InChI=1S/C16H16N4O2S2/c1-2-14-19-20-15(22)8-12(18-16(20)24-14)9-23-10-13(21)17-11-6-4-3-5-7-11/h3-8H,2,9-10H2,1H3,(H,17,21). The summed E-state index contributed by atoms with van der Waals surface area (Å²) in [7, 11) is 0. The maximum absolute atomic E-state index is 12.0. The fraction of sp³-hybridized carbons (Fsp3) is 0.250. The van der Waals surface area contributed by atoms with Crippen molar-refractivity contribution >= 4 is 39.7 Å². The molecule has 0 atom stereocenters. The number of fused-ring (bicyclic) bond motifs is 1. The maximum atomic E-state index is 12.0. The molecule has 3 rings (SSSR count). The first-order valence-corrected chi connectivity index (χ1v) is 9.44. The molecule has 0 fully saturated rings. The van der Waals surface area contributed by atoms with Crippen molar-refractivity contribution in [3.8, 4) is 0 Å². The Balaban J connectivity index is 1.59. The van der Waals surface area contributed by atoms with E-state index in [2.05, 4.69) is 15.4 Å². The van der Waals surface area contributed by atoms with Crippen molar-refractivity contribution in [1.29, 1.82) is 0 Å². The molecule has 6 nitrogen and oxygen atoms in total. The molecule has 8 heteroatoms. The molecule has 2 aromatic heterocycles. The number of benzene rings is 1. The van der Waals surface area contributed by atoms with E-state index < -0.39 is 0 Å². The molecule has 3 aromatic rings. The number of anilines is 1. The lowest BCUT2D eigenvalue weighted by atomic mass is 10.3. The van der Waals surface area contributed by atoms with Crippen LogP contribution in [0.25, 0.3) is 4.96 Å². The Labute approximate surface area is 146 Å². The first kappa shape index (κ1) is 16.7. The molecule has 0 saturated carbocycles. The Hall–Kier alpha value is -2.19. The third-order valence-corrected chi connectivity index (χ3v) is 5.20. The molecular weight excluding hydrogens is 344 g/mol. The summed E-state index contributed by atoms with van der Waals surface area (Å²) in [5.74, 6) is 0.738. The van der Waals surface area contributed by atoms with Gasteiger partial charge < -0.3 is 5.32 Å². The van der Waals surface area contributed by atoms with Gasteiger partial charge in [0.15, 0.2) is 0 Å². The number of aromatic nitrogens is 3. The summed E-state index contributed by atoms with van der Waals surface area (Å²) >= 11 is 2.84. The second-order valence-electron chi connectivity index (χ2n) is 5.04. The topological polar surface area (TPSA) is 76.4 Å². The van der Waals surface area contributed by atoms with E-state index in [1.807, 2.05) is 37.3 Å². The smallest absolute Gasteiger partial charge is 0.275 e. The zero-order valence-electron chi connectivity index (χ0n) is 13.1. The van der Waals surface area contributed by atoms with Crippen LogP contribution in [0.1, 0.15) is 17.6 Å². The lowest BCUT2D eigenvalue weighted by Crippen LogP contribution is -2.16. The van der Waals surface area contributed by atoms with Crippen molar-refractivity contribution in [3.05, 3.63) is 57.5 Å². The highest BCUT2D eigenvalue weighted by Crippen LogP contribution is 2.15. The van der Waals surface area contributed by atoms with Crippen LogP contribution in [0, 0.1) is 0 Å². The summed E-state index contributed by atoms with van der Waals surface area (Å²) in [6, 6.07) is 10.8. The molecule has 1 N–H and O–H groups in total. The molecule has 0 aliphatic carbocycles. The average Bonchev–Trinajstić information content (AvgIpc) is 2.99. The Bertz CT molecular complexity index is 905. The van der Waals surface area contributed by atoms with Crippen LogP contribution < -0.4 is 10.9 Å². The SMILES string of the molecule is CCc1nn2c(=O)cc(CSCC(=O)Nc3ccccc3)nc2s1. The molecule has 0 saturated heterocycles. The number of nitrogens with zero attached hydrogens (tertiary/aromatic N) is 3. The number of carbonyl (C=O) groups is 1. The number of rotatable bonds is 6. The molecular formula is C16H16N4O2S2. The van der Waals surface area contributed by atoms with Gasteiger partial charge in [-0.15, -0.1) is 11.8 Å². The van der Waals surface area contributed by atoms with Crippen molar-refractivity contribution < 1.29 is 4.79 Å². The van der Waals surface area contributed by atoms with Crippen molar-refractivity contribution in [3.63, 3.8) is 0 Å². The van der Waals surface area contributed by atoms with Crippen LogP contribution in [-0.2, 0) is 17.0 Å². The van der Waals surface area contributed by atoms with E-state index in [1.165, 1.54) is 33.7 Å². The normalized spacial score (nSPS) is 10.9. The van der Waals surface area contributed by atoms with E-state index in [4.69, 9.17) is 0 Å². The molecule has 0 spiro atoms. The van der Waals surface area contributed by atoms with Crippen LogP contribution in [-0.4, -0.2) is 26.3 Å². The zero-order valence-corrected chi connectivity index (χ0v) is 14.7. The van der Waals surface area contributed by atoms with Gasteiger partial charge in [-0.05, 0) is 18.6 Å². The third kappa shape index (κ3) is 4.01. The van der Waals surface area contributed by atoms with Gasteiger partial charge in [-0.25, -0.2) is 4.98 Å². The highest BCUT2D eigenvalue weighted by atomic mass is 32.2. The van der Waals surface area contributed by atoms with E-state index in [0.717, 1.165) is 17.1 Å². The van der Waals surface area contributed by atoms with Gasteiger partial charge in [-0.2, -0.15) is 9.61 Å².